The Bertz CT molecular complexity index is 756. The predicted molar refractivity (Wildman–Crippen MR) is 94.4 cm³/mol. The number of amides is 1. The Balaban J connectivity index is 1.52. The Kier molecular flexibility index (Phi) is 4.79. The first-order valence-electron chi connectivity index (χ1n) is 8.86. The second-order valence-electron chi connectivity index (χ2n) is 6.74. The van der Waals surface area contributed by atoms with Crippen molar-refractivity contribution < 1.29 is 13.9 Å². The quantitative estimate of drug-likeness (QED) is 0.824. The Labute approximate surface area is 151 Å². The highest BCUT2D eigenvalue weighted by molar-refractivity contribution is 5.93. The summed E-state index contributed by atoms with van der Waals surface area (Å²) in [6.07, 6.45) is 5.37. The number of hydrogen-bond acceptors (Lipinski definition) is 5. The fourth-order valence-corrected chi connectivity index (χ4v) is 3.89. The van der Waals surface area contributed by atoms with Gasteiger partial charge in [-0.15, -0.1) is 0 Å². The van der Waals surface area contributed by atoms with Crippen molar-refractivity contribution in [1.82, 2.24) is 14.9 Å². The number of nitrogens with zero attached hydrogens (tertiary/aromatic N) is 4. The van der Waals surface area contributed by atoms with E-state index in [4.69, 9.17) is 4.74 Å². The molecule has 2 aliphatic rings. The van der Waals surface area contributed by atoms with Crippen molar-refractivity contribution in [3.8, 4) is 0 Å². The molecule has 1 aromatic carbocycles. The van der Waals surface area contributed by atoms with Crippen LogP contribution in [0.2, 0.25) is 0 Å². The zero-order chi connectivity index (χ0) is 17.9. The normalized spacial score (nSPS) is 23.3. The molecule has 0 radical (unpaired) electrons. The maximum absolute atomic E-state index is 13.3. The molecule has 0 aliphatic carbocycles. The highest BCUT2D eigenvalue weighted by Gasteiger charge is 2.37. The lowest BCUT2D eigenvalue weighted by molar-refractivity contribution is 0.0520. The van der Waals surface area contributed by atoms with E-state index >= 15 is 0 Å². The summed E-state index contributed by atoms with van der Waals surface area (Å²) in [4.78, 5) is 24.7. The molecule has 0 N–H and O–H groups in total. The van der Waals surface area contributed by atoms with Gasteiger partial charge >= 0.3 is 0 Å². The number of halogens is 1. The minimum absolute atomic E-state index is 0.0402. The number of carbonyl (C=O) groups is 1. The molecule has 3 heterocycles. The smallest absolute Gasteiger partial charge is 0.257 e. The number of carbonyl (C=O) groups excluding carboxylic acids is 1. The maximum Gasteiger partial charge on any atom is 0.257 e. The summed E-state index contributed by atoms with van der Waals surface area (Å²) in [5.74, 6) is -0.0617. The summed E-state index contributed by atoms with van der Waals surface area (Å²) in [6.45, 7) is 3.33. The number of piperidine rings is 1. The van der Waals surface area contributed by atoms with Crippen LogP contribution in [0.4, 0.5) is 10.1 Å². The van der Waals surface area contributed by atoms with Gasteiger partial charge in [-0.25, -0.2) is 14.4 Å². The third-order valence-corrected chi connectivity index (χ3v) is 5.16. The average Bonchev–Trinajstić information content (AvgIpc) is 2.90. The third kappa shape index (κ3) is 3.39. The van der Waals surface area contributed by atoms with Crippen LogP contribution in [0.15, 0.2) is 43.0 Å². The van der Waals surface area contributed by atoms with Crippen LogP contribution >= 0.6 is 0 Å². The van der Waals surface area contributed by atoms with Gasteiger partial charge in [0, 0.05) is 49.7 Å². The van der Waals surface area contributed by atoms with Crippen molar-refractivity contribution in [1.29, 1.82) is 0 Å². The first-order valence-corrected chi connectivity index (χ1v) is 8.86. The van der Waals surface area contributed by atoms with Gasteiger partial charge in [-0.2, -0.15) is 0 Å². The molecule has 7 heteroatoms. The van der Waals surface area contributed by atoms with E-state index < -0.39 is 0 Å². The van der Waals surface area contributed by atoms with Crippen molar-refractivity contribution in [2.45, 2.75) is 12.5 Å². The second kappa shape index (κ2) is 7.37. The van der Waals surface area contributed by atoms with E-state index in [0.717, 1.165) is 18.7 Å². The Morgan fingerprint density at radius 2 is 1.92 bits per heavy atom. The molecule has 2 aliphatic heterocycles. The topological polar surface area (TPSA) is 58.6 Å². The van der Waals surface area contributed by atoms with Gasteiger partial charge in [0.25, 0.3) is 5.91 Å². The SMILES string of the molecule is O=C(c1cncnc1)N1CC[C@H]2[C@@H](COCCN2c2ccc(F)cc2)C1. The van der Waals surface area contributed by atoms with Gasteiger partial charge in [-0.3, -0.25) is 4.79 Å². The number of ether oxygens (including phenoxy) is 1. The molecule has 136 valence electrons. The molecule has 1 aromatic heterocycles. The largest absolute Gasteiger partial charge is 0.379 e. The number of rotatable bonds is 2. The Morgan fingerprint density at radius 1 is 1.15 bits per heavy atom. The number of aromatic nitrogens is 2. The molecule has 2 fully saturated rings. The number of likely N-dealkylation sites (tertiary alicyclic amines) is 1. The Hall–Kier alpha value is -2.54. The lowest BCUT2D eigenvalue weighted by atomic mass is 9.90. The Morgan fingerprint density at radius 3 is 2.69 bits per heavy atom. The zero-order valence-electron chi connectivity index (χ0n) is 14.4. The zero-order valence-corrected chi connectivity index (χ0v) is 14.4. The molecule has 4 rings (SSSR count). The summed E-state index contributed by atoms with van der Waals surface area (Å²) in [7, 11) is 0. The lowest BCUT2D eigenvalue weighted by Crippen LogP contribution is -2.53. The van der Waals surface area contributed by atoms with E-state index in [-0.39, 0.29) is 23.7 Å². The minimum Gasteiger partial charge on any atom is -0.379 e. The maximum atomic E-state index is 13.3. The number of fused-ring (bicyclic) bond motifs is 1. The van der Waals surface area contributed by atoms with Gasteiger partial charge in [0.2, 0.25) is 0 Å². The molecule has 6 nitrogen and oxygen atoms in total. The highest BCUT2D eigenvalue weighted by atomic mass is 19.1. The van der Waals surface area contributed by atoms with Gasteiger partial charge in [0.1, 0.15) is 12.1 Å². The monoisotopic (exact) mass is 356 g/mol. The first kappa shape index (κ1) is 16.9. The van der Waals surface area contributed by atoms with E-state index in [1.165, 1.54) is 18.5 Å². The minimum atomic E-state index is -0.234. The molecule has 26 heavy (non-hydrogen) atoms. The predicted octanol–water partition coefficient (Wildman–Crippen LogP) is 1.98. The molecule has 2 atom stereocenters. The molecule has 0 saturated carbocycles. The van der Waals surface area contributed by atoms with Crippen molar-refractivity contribution in [3.05, 3.63) is 54.4 Å². The molecule has 0 spiro atoms. The second-order valence-corrected chi connectivity index (χ2v) is 6.74. The highest BCUT2D eigenvalue weighted by Crippen LogP contribution is 2.30. The van der Waals surface area contributed by atoms with Crippen LogP contribution < -0.4 is 4.90 Å². The fraction of sp³-hybridized carbons (Fsp3) is 0.421. The van der Waals surface area contributed by atoms with Gasteiger partial charge in [-0.05, 0) is 30.7 Å². The summed E-state index contributed by atoms with van der Waals surface area (Å²) in [5, 5.41) is 0. The molecule has 0 unspecified atom stereocenters. The number of anilines is 1. The van der Waals surface area contributed by atoms with Crippen LogP contribution in [0.25, 0.3) is 0 Å². The third-order valence-electron chi connectivity index (χ3n) is 5.16. The summed E-state index contributed by atoms with van der Waals surface area (Å²) < 4.78 is 19.1. The van der Waals surface area contributed by atoms with E-state index in [1.807, 2.05) is 17.0 Å². The van der Waals surface area contributed by atoms with Crippen molar-refractivity contribution in [3.63, 3.8) is 0 Å². The van der Waals surface area contributed by atoms with E-state index in [2.05, 4.69) is 14.9 Å². The molecule has 0 bridgehead atoms. The van der Waals surface area contributed by atoms with Crippen LogP contribution in [0, 0.1) is 11.7 Å². The van der Waals surface area contributed by atoms with Gasteiger partial charge < -0.3 is 14.5 Å². The van der Waals surface area contributed by atoms with E-state index in [9.17, 15) is 9.18 Å². The van der Waals surface area contributed by atoms with Crippen LogP contribution in [0.3, 0.4) is 0 Å². The van der Waals surface area contributed by atoms with Gasteiger partial charge in [0.05, 0.1) is 18.8 Å². The van der Waals surface area contributed by atoms with Crippen LogP contribution in [0.1, 0.15) is 16.8 Å². The van der Waals surface area contributed by atoms with Gasteiger partial charge in [0.15, 0.2) is 0 Å². The van der Waals surface area contributed by atoms with Crippen LogP contribution in [-0.4, -0.2) is 59.7 Å². The molecule has 2 aromatic rings. The first-order chi connectivity index (χ1) is 12.7. The molecular weight excluding hydrogens is 335 g/mol. The molecule has 1 amide bonds. The summed E-state index contributed by atoms with van der Waals surface area (Å²) in [5.41, 5.74) is 1.51. The summed E-state index contributed by atoms with van der Waals surface area (Å²) >= 11 is 0. The fourth-order valence-electron chi connectivity index (χ4n) is 3.89. The van der Waals surface area contributed by atoms with E-state index in [0.29, 0.717) is 31.9 Å². The van der Waals surface area contributed by atoms with Gasteiger partial charge in [-0.1, -0.05) is 0 Å². The van der Waals surface area contributed by atoms with Crippen molar-refractivity contribution in [2.24, 2.45) is 5.92 Å². The van der Waals surface area contributed by atoms with Crippen molar-refractivity contribution >= 4 is 11.6 Å². The van der Waals surface area contributed by atoms with Crippen LogP contribution in [-0.2, 0) is 4.74 Å². The van der Waals surface area contributed by atoms with Crippen LogP contribution in [0.5, 0.6) is 0 Å². The lowest BCUT2D eigenvalue weighted by Gasteiger charge is -2.43. The molecule has 2 saturated heterocycles. The van der Waals surface area contributed by atoms with Crippen molar-refractivity contribution in [2.75, 3.05) is 37.7 Å². The van der Waals surface area contributed by atoms with E-state index in [1.54, 1.807) is 12.4 Å². The standard InChI is InChI=1S/C19H21FN4O2/c20-16-1-3-17(4-2-16)24-7-8-26-12-15-11-23(6-5-18(15)24)19(25)14-9-21-13-22-10-14/h1-4,9-10,13,15,18H,5-8,11-12H2/t15-,18+/m1/s1. The average molecular weight is 356 g/mol. The molecular formula is C19H21FN4O2. The number of hydrogen-bond donors (Lipinski definition) is 0. The summed E-state index contributed by atoms with van der Waals surface area (Å²) in [6, 6.07) is 6.89. The number of benzene rings is 1.